The summed E-state index contributed by atoms with van der Waals surface area (Å²) in [5.74, 6) is 0.270. The summed E-state index contributed by atoms with van der Waals surface area (Å²) in [7, 11) is 2.14. The van der Waals surface area contributed by atoms with E-state index in [1.54, 1.807) is 12.1 Å². The fraction of sp³-hybridized carbons (Fsp3) is 0.261. The quantitative estimate of drug-likeness (QED) is 0.430. The standard InChI is InChI=1S/C23H23ClN8O2/c1-14-12-15(5-6-17(14)31-10-8-30(2)9-11-31)27-22-26-13-16-20(28-22)29-23(34)32(21(16)33)18-4-3-7-25-19(18)24/h3-7,12-13H,8-11H2,1-2H3,(H2,26,27,28,29,34). The zero-order chi connectivity index (χ0) is 23.8. The van der Waals surface area contributed by atoms with Crippen LogP contribution in [0.15, 0.2) is 52.3 Å². The number of benzene rings is 1. The van der Waals surface area contributed by atoms with Crippen LogP contribution in [0.25, 0.3) is 16.7 Å². The van der Waals surface area contributed by atoms with Crippen molar-refractivity contribution in [1.82, 2.24) is 29.4 Å². The molecule has 0 radical (unpaired) electrons. The third kappa shape index (κ3) is 4.13. The van der Waals surface area contributed by atoms with Crippen LogP contribution in [-0.2, 0) is 0 Å². The second-order valence-electron chi connectivity index (χ2n) is 8.26. The number of H-pyrrole nitrogens is 1. The molecule has 4 aromatic rings. The van der Waals surface area contributed by atoms with E-state index in [0.717, 1.165) is 42.0 Å². The SMILES string of the molecule is Cc1cc(Nc2ncc3c(=O)n(-c4cccnc4Cl)c(=O)[nH]c3n2)ccc1N1CCN(C)CC1. The Labute approximate surface area is 199 Å². The highest BCUT2D eigenvalue weighted by molar-refractivity contribution is 6.31. The molecule has 0 saturated carbocycles. The molecule has 10 nitrogen and oxygen atoms in total. The Morgan fingerprint density at radius 2 is 1.85 bits per heavy atom. The van der Waals surface area contributed by atoms with Crippen molar-refractivity contribution in [1.29, 1.82) is 0 Å². The van der Waals surface area contributed by atoms with Gasteiger partial charge < -0.3 is 15.1 Å². The van der Waals surface area contributed by atoms with E-state index in [0.29, 0.717) is 0 Å². The lowest BCUT2D eigenvalue weighted by Crippen LogP contribution is -2.44. The number of likely N-dealkylation sites (N-methyl/N-ethyl adjacent to an activating group) is 1. The first-order valence-electron chi connectivity index (χ1n) is 10.8. The molecule has 4 heterocycles. The van der Waals surface area contributed by atoms with Crippen LogP contribution in [0.2, 0.25) is 5.15 Å². The highest BCUT2D eigenvalue weighted by Crippen LogP contribution is 2.26. The number of nitrogens with zero attached hydrogens (tertiary/aromatic N) is 6. The number of nitrogens with one attached hydrogen (secondary N) is 2. The zero-order valence-electron chi connectivity index (χ0n) is 18.7. The molecule has 2 N–H and O–H groups in total. The van der Waals surface area contributed by atoms with Crippen molar-refractivity contribution in [3.8, 4) is 5.69 Å². The maximum absolute atomic E-state index is 13.0. The number of aromatic amines is 1. The van der Waals surface area contributed by atoms with Crippen LogP contribution < -0.4 is 21.5 Å². The molecule has 0 atom stereocenters. The Balaban J connectivity index is 1.44. The Kier molecular flexibility index (Phi) is 5.76. The van der Waals surface area contributed by atoms with Gasteiger partial charge in [-0.05, 0) is 49.9 Å². The van der Waals surface area contributed by atoms with Gasteiger partial charge in [-0.3, -0.25) is 9.78 Å². The van der Waals surface area contributed by atoms with E-state index in [1.165, 1.54) is 18.1 Å². The van der Waals surface area contributed by atoms with Crippen molar-refractivity contribution in [2.24, 2.45) is 0 Å². The summed E-state index contributed by atoms with van der Waals surface area (Å²) < 4.78 is 0.925. The van der Waals surface area contributed by atoms with Crippen molar-refractivity contribution in [2.45, 2.75) is 6.92 Å². The Bertz CT molecular complexity index is 1490. The molecule has 34 heavy (non-hydrogen) atoms. The summed E-state index contributed by atoms with van der Waals surface area (Å²) in [5, 5.41) is 3.36. The van der Waals surface area contributed by atoms with Gasteiger partial charge in [-0.25, -0.2) is 19.3 Å². The van der Waals surface area contributed by atoms with Crippen LogP contribution in [0.5, 0.6) is 0 Å². The van der Waals surface area contributed by atoms with Crippen LogP contribution >= 0.6 is 11.6 Å². The first-order chi connectivity index (χ1) is 16.4. The number of rotatable bonds is 4. The first kappa shape index (κ1) is 22.1. The number of hydrogen-bond acceptors (Lipinski definition) is 8. The summed E-state index contributed by atoms with van der Waals surface area (Å²) in [6, 6.07) is 9.23. The van der Waals surface area contributed by atoms with Gasteiger partial charge in [0.2, 0.25) is 5.95 Å². The number of anilines is 3. The summed E-state index contributed by atoms with van der Waals surface area (Å²) in [6.07, 6.45) is 2.86. The van der Waals surface area contributed by atoms with Crippen LogP contribution in [0.3, 0.4) is 0 Å². The Hall–Kier alpha value is -3.76. The van der Waals surface area contributed by atoms with Crippen molar-refractivity contribution in [3.05, 3.63) is 74.3 Å². The minimum Gasteiger partial charge on any atom is -0.369 e. The number of aryl methyl sites for hydroxylation is 1. The summed E-state index contributed by atoms with van der Waals surface area (Å²) >= 11 is 6.08. The average Bonchev–Trinajstić information content (AvgIpc) is 2.81. The number of halogens is 1. The second kappa shape index (κ2) is 8.88. The molecule has 0 spiro atoms. The van der Waals surface area contributed by atoms with Crippen molar-refractivity contribution >= 4 is 40.0 Å². The van der Waals surface area contributed by atoms with Gasteiger partial charge in [-0.2, -0.15) is 4.98 Å². The molecule has 1 aliphatic rings. The lowest BCUT2D eigenvalue weighted by molar-refractivity contribution is 0.312. The van der Waals surface area contributed by atoms with Crippen LogP contribution in [0.4, 0.5) is 17.3 Å². The predicted molar refractivity (Wildman–Crippen MR) is 133 cm³/mol. The molecule has 1 aromatic carbocycles. The minimum absolute atomic E-state index is 0.0454. The molecule has 0 aliphatic carbocycles. The van der Waals surface area contributed by atoms with Gasteiger partial charge in [0.1, 0.15) is 5.39 Å². The molecule has 5 rings (SSSR count). The number of piperazine rings is 1. The monoisotopic (exact) mass is 478 g/mol. The minimum atomic E-state index is -0.663. The van der Waals surface area contributed by atoms with Crippen LogP contribution in [-0.4, -0.2) is 62.6 Å². The highest BCUT2D eigenvalue weighted by atomic mass is 35.5. The molecular weight excluding hydrogens is 456 g/mol. The maximum atomic E-state index is 13.0. The molecule has 11 heteroatoms. The fourth-order valence-electron chi connectivity index (χ4n) is 4.09. The molecule has 3 aromatic heterocycles. The number of hydrogen-bond donors (Lipinski definition) is 2. The lowest BCUT2D eigenvalue weighted by atomic mass is 10.1. The summed E-state index contributed by atoms with van der Waals surface area (Å²) in [4.78, 5) is 45.5. The van der Waals surface area contributed by atoms with Gasteiger partial charge in [-0.1, -0.05) is 11.6 Å². The second-order valence-corrected chi connectivity index (χ2v) is 8.61. The lowest BCUT2D eigenvalue weighted by Gasteiger charge is -2.35. The van der Waals surface area contributed by atoms with E-state index in [2.05, 4.69) is 55.1 Å². The van der Waals surface area contributed by atoms with Crippen molar-refractivity contribution in [2.75, 3.05) is 43.4 Å². The smallest absolute Gasteiger partial charge is 0.334 e. The first-order valence-corrected chi connectivity index (χ1v) is 11.2. The average molecular weight is 479 g/mol. The molecule has 0 unspecified atom stereocenters. The van der Waals surface area contributed by atoms with Crippen molar-refractivity contribution < 1.29 is 0 Å². The van der Waals surface area contributed by atoms with Crippen LogP contribution in [0.1, 0.15) is 5.56 Å². The van der Waals surface area contributed by atoms with E-state index < -0.39 is 11.2 Å². The zero-order valence-corrected chi connectivity index (χ0v) is 19.5. The summed E-state index contributed by atoms with van der Waals surface area (Å²) in [6.45, 7) is 6.14. The van der Waals surface area contributed by atoms with Crippen LogP contribution in [0, 0.1) is 6.92 Å². The Morgan fingerprint density at radius 3 is 2.59 bits per heavy atom. The third-order valence-electron chi connectivity index (χ3n) is 5.93. The Morgan fingerprint density at radius 1 is 1.06 bits per heavy atom. The number of pyridine rings is 1. The maximum Gasteiger partial charge on any atom is 0.334 e. The van der Waals surface area contributed by atoms with Gasteiger partial charge in [0.05, 0.1) is 5.69 Å². The van der Waals surface area contributed by atoms with Gasteiger partial charge in [-0.15, -0.1) is 0 Å². The molecule has 1 saturated heterocycles. The summed E-state index contributed by atoms with van der Waals surface area (Å²) in [5.41, 5.74) is 2.24. The number of fused-ring (bicyclic) bond motifs is 1. The normalized spacial score (nSPS) is 14.5. The molecule has 0 bridgehead atoms. The third-order valence-corrected chi connectivity index (χ3v) is 6.22. The molecule has 0 amide bonds. The fourth-order valence-corrected chi connectivity index (χ4v) is 4.30. The predicted octanol–water partition coefficient (Wildman–Crippen LogP) is 2.32. The molecule has 174 valence electrons. The van der Waals surface area contributed by atoms with E-state index in [1.807, 2.05) is 12.1 Å². The van der Waals surface area contributed by atoms with E-state index in [4.69, 9.17) is 11.6 Å². The van der Waals surface area contributed by atoms with E-state index >= 15 is 0 Å². The number of aromatic nitrogens is 5. The van der Waals surface area contributed by atoms with E-state index in [9.17, 15) is 9.59 Å². The highest BCUT2D eigenvalue weighted by Gasteiger charge is 2.17. The molecule has 1 fully saturated rings. The molecule has 1 aliphatic heterocycles. The topological polar surface area (TPSA) is 112 Å². The van der Waals surface area contributed by atoms with Gasteiger partial charge in [0.15, 0.2) is 10.8 Å². The van der Waals surface area contributed by atoms with Gasteiger partial charge in [0.25, 0.3) is 5.56 Å². The van der Waals surface area contributed by atoms with E-state index in [-0.39, 0.29) is 27.8 Å². The largest absolute Gasteiger partial charge is 0.369 e. The van der Waals surface area contributed by atoms with Gasteiger partial charge >= 0.3 is 5.69 Å². The molecular formula is C23H23ClN8O2. The van der Waals surface area contributed by atoms with Crippen molar-refractivity contribution in [3.63, 3.8) is 0 Å². The van der Waals surface area contributed by atoms with Gasteiger partial charge in [0, 0.05) is 49.9 Å².